The van der Waals surface area contributed by atoms with Crippen molar-refractivity contribution >= 4 is 17.3 Å². The average molecular weight is 284 g/mol. The number of anilines is 2. The minimum Gasteiger partial charge on any atom is -0.378 e. The van der Waals surface area contributed by atoms with Gasteiger partial charge in [-0.05, 0) is 37.1 Å². The Morgan fingerprint density at radius 1 is 1.43 bits per heavy atom. The highest BCUT2D eigenvalue weighted by Crippen LogP contribution is 2.31. The molecule has 1 aromatic heterocycles. The molecule has 1 aliphatic rings. The smallest absolute Gasteiger partial charge is 0.223 e. The average Bonchev–Trinajstić information content (AvgIpc) is 3.04. The minimum absolute atomic E-state index is 0.109. The molecule has 5 nitrogen and oxygen atoms in total. The zero-order valence-electron chi connectivity index (χ0n) is 12.6. The van der Waals surface area contributed by atoms with Crippen LogP contribution in [0.5, 0.6) is 0 Å². The van der Waals surface area contributed by atoms with E-state index in [0.717, 1.165) is 29.9 Å². The molecule has 0 saturated heterocycles. The molecule has 5 heteroatoms. The molecule has 0 bridgehead atoms. The van der Waals surface area contributed by atoms with E-state index in [1.807, 2.05) is 36.5 Å². The summed E-state index contributed by atoms with van der Waals surface area (Å²) in [6, 6.07) is 6.40. The number of nitrogens with one attached hydrogen (secondary N) is 1. The van der Waals surface area contributed by atoms with Crippen molar-refractivity contribution in [2.24, 2.45) is 7.05 Å². The summed E-state index contributed by atoms with van der Waals surface area (Å²) in [4.78, 5) is 13.4. The van der Waals surface area contributed by atoms with Gasteiger partial charge >= 0.3 is 0 Å². The molecule has 0 fully saturated rings. The van der Waals surface area contributed by atoms with E-state index in [2.05, 4.69) is 23.4 Å². The number of nitrogens with zero attached hydrogens (tertiary/aromatic N) is 3. The Labute approximate surface area is 124 Å². The third kappa shape index (κ3) is 2.63. The third-order valence-corrected chi connectivity index (χ3v) is 3.96. The number of aryl methyl sites for hydroxylation is 1. The topological polar surface area (TPSA) is 50.2 Å². The maximum atomic E-state index is 11.6. The van der Waals surface area contributed by atoms with Crippen molar-refractivity contribution in [3.8, 4) is 0 Å². The summed E-state index contributed by atoms with van der Waals surface area (Å²) >= 11 is 0. The van der Waals surface area contributed by atoms with Crippen molar-refractivity contribution < 1.29 is 4.79 Å². The van der Waals surface area contributed by atoms with Gasteiger partial charge in [-0.1, -0.05) is 0 Å². The first-order chi connectivity index (χ1) is 10.0. The molecule has 1 aromatic carbocycles. The van der Waals surface area contributed by atoms with Gasteiger partial charge in [-0.15, -0.1) is 0 Å². The molecule has 0 saturated carbocycles. The Hall–Kier alpha value is -2.30. The molecule has 110 valence electrons. The van der Waals surface area contributed by atoms with Crippen molar-refractivity contribution in [2.75, 3.05) is 16.8 Å². The molecule has 2 aromatic rings. The Balaban J connectivity index is 1.77. The molecule has 21 heavy (non-hydrogen) atoms. The summed E-state index contributed by atoms with van der Waals surface area (Å²) in [6.45, 7) is 4.52. The monoisotopic (exact) mass is 284 g/mol. The van der Waals surface area contributed by atoms with Crippen LogP contribution in [-0.4, -0.2) is 22.2 Å². The summed E-state index contributed by atoms with van der Waals surface area (Å²) in [5.41, 5.74) is 4.51. The van der Waals surface area contributed by atoms with Gasteiger partial charge in [-0.25, -0.2) is 0 Å². The lowest BCUT2D eigenvalue weighted by atomic mass is 10.1. The van der Waals surface area contributed by atoms with E-state index >= 15 is 0 Å². The molecule has 1 unspecified atom stereocenters. The second kappa shape index (κ2) is 5.24. The lowest BCUT2D eigenvalue weighted by Gasteiger charge is -2.17. The first-order valence-corrected chi connectivity index (χ1v) is 7.20. The van der Waals surface area contributed by atoms with Crippen LogP contribution in [0.3, 0.4) is 0 Å². The molecule has 0 radical (unpaired) electrons. The van der Waals surface area contributed by atoms with Crippen LogP contribution in [0.2, 0.25) is 0 Å². The quantitative estimate of drug-likeness (QED) is 0.942. The number of rotatable bonds is 3. The summed E-state index contributed by atoms with van der Waals surface area (Å²) < 4.78 is 1.81. The molecule has 1 aliphatic heterocycles. The van der Waals surface area contributed by atoms with Gasteiger partial charge in [0.2, 0.25) is 5.91 Å². The molecule has 2 heterocycles. The van der Waals surface area contributed by atoms with E-state index in [1.54, 1.807) is 11.6 Å². The fraction of sp³-hybridized carbons (Fsp3) is 0.375. The van der Waals surface area contributed by atoms with Crippen LogP contribution < -0.4 is 10.2 Å². The fourth-order valence-electron chi connectivity index (χ4n) is 2.82. The number of carbonyl (C=O) groups is 1. The van der Waals surface area contributed by atoms with Crippen LogP contribution in [0.1, 0.15) is 31.0 Å². The zero-order chi connectivity index (χ0) is 15.0. The van der Waals surface area contributed by atoms with Gasteiger partial charge in [0.15, 0.2) is 0 Å². The zero-order valence-corrected chi connectivity index (χ0v) is 12.6. The van der Waals surface area contributed by atoms with Crippen LogP contribution in [0.25, 0.3) is 0 Å². The van der Waals surface area contributed by atoms with Gasteiger partial charge in [-0.2, -0.15) is 5.10 Å². The van der Waals surface area contributed by atoms with Crippen molar-refractivity contribution in [3.63, 3.8) is 0 Å². The standard InChI is InChI=1S/C16H20N4O/c1-11(14-9-17-19(3)10-14)18-15-4-5-16-13(8-15)6-7-20(16)12(2)21/h4-5,8-11,18H,6-7H2,1-3H3. The lowest BCUT2D eigenvalue weighted by molar-refractivity contribution is -0.116. The summed E-state index contributed by atoms with van der Waals surface area (Å²) in [5, 5.41) is 7.69. The summed E-state index contributed by atoms with van der Waals surface area (Å²) in [6.07, 6.45) is 4.82. The normalized spacial score (nSPS) is 14.9. The van der Waals surface area contributed by atoms with Crippen molar-refractivity contribution in [1.82, 2.24) is 9.78 Å². The number of benzene rings is 1. The Bertz CT molecular complexity index is 677. The van der Waals surface area contributed by atoms with Gasteiger partial charge < -0.3 is 10.2 Å². The molecular formula is C16H20N4O. The van der Waals surface area contributed by atoms with Gasteiger partial charge in [0, 0.05) is 43.7 Å². The summed E-state index contributed by atoms with van der Waals surface area (Å²) in [5.74, 6) is 0.109. The minimum atomic E-state index is 0.109. The van der Waals surface area contributed by atoms with E-state index in [1.165, 1.54) is 5.56 Å². The Morgan fingerprint density at radius 3 is 2.90 bits per heavy atom. The first kappa shape index (κ1) is 13.7. The largest absolute Gasteiger partial charge is 0.378 e. The maximum Gasteiger partial charge on any atom is 0.223 e. The van der Waals surface area contributed by atoms with Crippen LogP contribution in [0.15, 0.2) is 30.6 Å². The Morgan fingerprint density at radius 2 is 2.24 bits per heavy atom. The van der Waals surface area contributed by atoms with Gasteiger partial charge in [-0.3, -0.25) is 9.48 Å². The number of amides is 1. The van der Waals surface area contributed by atoms with Crippen molar-refractivity contribution in [1.29, 1.82) is 0 Å². The second-order valence-corrected chi connectivity index (χ2v) is 5.58. The maximum absolute atomic E-state index is 11.6. The highest BCUT2D eigenvalue weighted by Gasteiger charge is 2.22. The molecule has 0 spiro atoms. The van der Waals surface area contributed by atoms with E-state index in [-0.39, 0.29) is 11.9 Å². The predicted octanol–water partition coefficient (Wildman–Crippen LogP) is 2.50. The lowest BCUT2D eigenvalue weighted by Crippen LogP contribution is -2.25. The number of hydrogen-bond donors (Lipinski definition) is 1. The van der Waals surface area contributed by atoms with Crippen LogP contribution in [0.4, 0.5) is 11.4 Å². The van der Waals surface area contributed by atoms with Gasteiger partial charge in [0.05, 0.1) is 12.2 Å². The van der Waals surface area contributed by atoms with Crippen molar-refractivity contribution in [2.45, 2.75) is 26.3 Å². The SMILES string of the molecule is CC(=O)N1CCc2cc(NC(C)c3cnn(C)c3)ccc21. The second-order valence-electron chi connectivity index (χ2n) is 5.58. The van der Waals surface area contributed by atoms with Crippen molar-refractivity contribution in [3.05, 3.63) is 41.7 Å². The number of carbonyl (C=O) groups excluding carboxylic acids is 1. The van der Waals surface area contributed by atoms with E-state index in [9.17, 15) is 4.79 Å². The van der Waals surface area contributed by atoms with Gasteiger partial charge in [0.1, 0.15) is 0 Å². The Kier molecular flexibility index (Phi) is 3.41. The van der Waals surface area contributed by atoms with E-state index < -0.39 is 0 Å². The highest BCUT2D eigenvalue weighted by atomic mass is 16.2. The number of fused-ring (bicyclic) bond motifs is 1. The van der Waals surface area contributed by atoms with Crippen LogP contribution >= 0.6 is 0 Å². The predicted molar refractivity (Wildman–Crippen MR) is 83.4 cm³/mol. The first-order valence-electron chi connectivity index (χ1n) is 7.20. The summed E-state index contributed by atoms with van der Waals surface area (Å²) in [7, 11) is 1.92. The fourth-order valence-corrected chi connectivity index (χ4v) is 2.82. The molecule has 1 amide bonds. The van der Waals surface area contributed by atoms with Crippen LogP contribution in [-0.2, 0) is 18.3 Å². The molecule has 3 rings (SSSR count). The third-order valence-electron chi connectivity index (χ3n) is 3.96. The molecule has 0 aliphatic carbocycles. The molecule has 1 atom stereocenters. The number of aromatic nitrogens is 2. The van der Waals surface area contributed by atoms with Gasteiger partial charge in [0.25, 0.3) is 0 Å². The van der Waals surface area contributed by atoms with E-state index in [0.29, 0.717) is 0 Å². The highest BCUT2D eigenvalue weighted by molar-refractivity contribution is 5.94. The number of hydrogen-bond acceptors (Lipinski definition) is 3. The van der Waals surface area contributed by atoms with Crippen LogP contribution in [0, 0.1) is 0 Å². The van der Waals surface area contributed by atoms with E-state index in [4.69, 9.17) is 0 Å². The molecular weight excluding hydrogens is 264 g/mol. The molecule has 1 N–H and O–H groups in total.